The standard InChI is InChI=1S/C19H21N5O2/c1-26-19(7-2-3-8-19)16-5-4-6-18(23-16)24-15-9-14(10-17(20)25)21-11-13(15)12-22-24/h4-6,9,11-12H,2-3,7-8,10H2,1H3,(H2,20,25). The highest BCUT2D eigenvalue weighted by Crippen LogP contribution is 2.40. The van der Waals surface area contributed by atoms with Gasteiger partial charge < -0.3 is 10.5 Å². The third kappa shape index (κ3) is 2.84. The summed E-state index contributed by atoms with van der Waals surface area (Å²) in [5.74, 6) is 0.309. The number of amides is 1. The Balaban J connectivity index is 1.78. The number of methoxy groups -OCH3 is 1. The van der Waals surface area contributed by atoms with E-state index in [-0.39, 0.29) is 12.0 Å². The van der Waals surface area contributed by atoms with Crippen LogP contribution in [0.2, 0.25) is 0 Å². The number of primary amides is 1. The van der Waals surface area contributed by atoms with Crippen molar-refractivity contribution in [1.29, 1.82) is 0 Å². The summed E-state index contributed by atoms with van der Waals surface area (Å²) in [5, 5.41) is 5.34. The molecule has 3 aromatic heterocycles. The highest BCUT2D eigenvalue weighted by Gasteiger charge is 2.37. The molecule has 0 aliphatic heterocycles. The quantitative estimate of drug-likeness (QED) is 0.760. The summed E-state index contributed by atoms with van der Waals surface area (Å²) in [6.07, 6.45) is 7.79. The summed E-state index contributed by atoms with van der Waals surface area (Å²) in [7, 11) is 1.75. The van der Waals surface area contributed by atoms with Crippen LogP contribution in [0.15, 0.2) is 36.7 Å². The molecule has 0 saturated heterocycles. The van der Waals surface area contributed by atoms with Gasteiger partial charge in [-0.15, -0.1) is 0 Å². The lowest BCUT2D eigenvalue weighted by Gasteiger charge is -2.27. The SMILES string of the molecule is COC1(c2cccc(-n3ncc4cnc(CC(N)=O)cc43)n2)CCCC1. The van der Waals surface area contributed by atoms with Gasteiger partial charge in [-0.05, 0) is 31.0 Å². The number of hydrogen-bond acceptors (Lipinski definition) is 5. The third-order valence-electron chi connectivity index (χ3n) is 5.08. The van der Waals surface area contributed by atoms with E-state index in [1.165, 1.54) is 0 Å². The number of carbonyl (C=O) groups is 1. The zero-order valence-electron chi connectivity index (χ0n) is 14.7. The van der Waals surface area contributed by atoms with Crippen LogP contribution in [0.1, 0.15) is 37.1 Å². The van der Waals surface area contributed by atoms with Crippen LogP contribution in [0, 0.1) is 0 Å². The molecule has 0 bridgehead atoms. The minimum Gasteiger partial charge on any atom is -0.372 e. The lowest BCUT2D eigenvalue weighted by Crippen LogP contribution is -2.26. The number of hydrogen-bond donors (Lipinski definition) is 1. The number of carbonyl (C=O) groups excluding carboxylic acids is 1. The maximum atomic E-state index is 11.2. The van der Waals surface area contributed by atoms with Crippen LogP contribution in [-0.4, -0.2) is 32.8 Å². The van der Waals surface area contributed by atoms with Crippen LogP contribution < -0.4 is 5.73 Å². The van der Waals surface area contributed by atoms with Gasteiger partial charge in [0, 0.05) is 18.7 Å². The van der Waals surface area contributed by atoms with Crippen molar-refractivity contribution in [3.8, 4) is 5.82 Å². The van der Waals surface area contributed by atoms with Crippen molar-refractivity contribution in [2.75, 3.05) is 7.11 Å². The Kier molecular flexibility index (Phi) is 4.16. The maximum Gasteiger partial charge on any atom is 0.223 e. The van der Waals surface area contributed by atoms with E-state index in [2.05, 4.69) is 10.1 Å². The first kappa shape index (κ1) is 16.7. The number of rotatable bonds is 5. The van der Waals surface area contributed by atoms with Crippen LogP contribution in [0.4, 0.5) is 0 Å². The maximum absolute atomic E-state index is 11.2. The van der Waals surface area contributed by atoms with E-state index in [4.69, 9.17) is 15.5 Å². The second-order valence-corrected chi connectivity index (χ2v) is 6.72. The number of ether oxygens (including phenoxy) is 1. The Morgan fingerprint density at radius 1 is 1.31 bits per heavy atom. The van der Waals surface area contributed by atoms with Gasteiger partial charge in [0.2, 0.25) is 5.91 Å². The number of aromatic nitrogens is 4. The van der Waals surface area contributed by atoms with Gasteiger partial charge in [0.25, 0.3) is 0 Å². The van der Waals surface area contributed by atoms with Crippen molar-refractivity contribution in [3.63, 3.8) is 0 Å². The molecule has 1 fully saturated rings. The number of pyridine rings is 2. The molecular weight excluding hydrogens is 330 g/mol. The smallest absolute Gasteiger partial charge is 0.223 e. The average Bonchev–Trinajstić information content (AvgIpc) is 3.29. The summed E-state index contributed by atoms with van der Waals surface area (Å²) in [5.41, 5.74) is 7.38. The predicted molar refractivity (Wildman–Crippen MR) is 96.7 cm³/mol. The van der Waals surface area contributed by atoms with Crippen LogP contribution in [0.3, 0.4) is 0 Å². The fourth-order valence-corrected chi connectivity index (χ4v) is 3.73. The largest absolute Gasteiger partial charge is 0.372 e. The molecule has 0 aromatic carbocycles. The van der Waals surface area contributed by atoms with Gasteiger partial charge in [-0.2, -0.15) is 5.10 Å². The highest BCUT2D eigenvalue weighted by atomic mass is 16.5. The van der Waals surface area contributed by atoms with E-state index in [0.717, 1.165) is 48.1 Å². The zero-order chi connectivity index (χ0) is 18.1. The first-order valence-corrected chi connectivity index (χ1v) is 8.75. The van der Waals surface area contributed by atoms with Gasteiger partial charge in [-0.3, -0.25) is 9.78 Å². The normalized spacial score (nSPS) is 16.2. The lowest BCUT2D eigenvalue weighted by molar-refractivity contribution is -0.117. The molecule has 4 rings (SSSR count). The molecule has 0 radical (unpaired) electrons. The van der Waals surface area contributed by atoms with Crippen LogP contribution in [-0.2, 0) is 21.6 Å². The lowest BCUT2D eigenvalue weighted by atomic mass is 9.97. The summed E-state index contributed by atoms with van der Waals surface area (Å²) in [4.78, 5) is 20.3. The third-order valence-corrected chi connectivity index (χ3v) is 5.08. The summed E-state index contributed by atoms with van der Waals surface area (Å²) < 4.78 is 7.62. The Morgan fingerprint density at radius 2 is 2.12 bits per heavy atom. The molecule has 1 aliphatic rings. The molecule has 134 valence electrons. The summed E-state index contributed by atoms with van der Waals surface area (Å²) in [6.45, 7) is 0. The molecule has 3 heterocycles. The Labute approximate surface area is 151 Å². The molecule has 1 saturated carbocycles. The molecule has 0 spiro atoms. The molecule has 2 N–H and O–H groups in total. The monoisotopic (exact) mass is 351 g/mol. The van der Waals surface area contributed by atoms with Gasteiger partial charge in [0.1, 0.15) is 5.60 Å². The van der Waals surface area contributed by atoms with Crippen LogP contribution in [0.5, 0.6) is 0 Å². The topological polar surface area (TPSA) is 95.9 Å². The van der Waals surface area contributed by atoms with E-state index >= 15 is 0 Å². The van der Waals surface area contributed by atoms with Gasteiger partial charge in [-0.1, -0.05) is 18.9 Å². The van der Waals surface area contributed by atoms with Crippen LogP contribution in [0.25, 0.3) is 16.7 Å². The molecule has 1 aliphatic carbocycles. The van der Waals surface area contributed by atoms with Crippen molar-refractivity contribution < 1.29 is 9.53 Å². The zero-order valence-corrected chi connectivity index (χ0v) is 14.7. The molecule has 1 amide bonds. The Morgan fingerprint density at radius 3 is 2.85 bits per heavy atom. The number of nitrogens with two attached hydrogens (primary N) is 1. The van der Waals surface area contributed by atoms with Crippen molar-refractivity contribution in [2.45, 2.75) is 37.7 Å². The van der Waals surface area contributed by atoms with Gasteiger partial charge in [-0.25, -0.2) is 9.67 Å². The van der Waals surface area contributed by atoms with Crippen LogP contribution >= 0.6 is 0 Å². The Bertz CT molecular complexity index is 959. The first-order valence-electron chi connectivity index (χ1n) is 8.75. The molecule has 3 aromatic rings. The highest BCUT2D eigenvalue weighted by molar-refractivity contribution is 5.81. The van der Waals surface area contributed by atoms with Crippen molar-refractivity contribution in [1.82, 2.24) is 19.7 Å². The number of fused-ring (bicyclic) bond motifs is 1. The van der Waals surface area contributed by atoms with Gasteiger partial charge in [0.05, 0.1) is 29.5 Å². The van der Waals surface area contributed by atoms with E-state index in [0.29, 0.717) is 5.69 Å². The van der Waals surface area contributed by atoms with E-state index in [9.17, 15) is 4.79 Å². The minimum absolute atomic E-state index is 0.0986. The first-order chi connectivity index (χ1) is 12.6. The fourth-order valence-electron chi connectivity index (χ4n) is 3.73. The number of nitrogens with zero attached hydrogens (tertiary/aromatic N) is 4. The van der Waals surface area contributed by atoms with Crippen molar-refractivity contribution in [2.24, 2.45) is 5.73 Å². The molecule has 0 unspecified atom stereocenters. The summed E-state index contributed by atoms with van der Waals surface area (Å²) in [6, 6.07) is 7.76. The minimum atomic E-state index is -0.411. The second kappa shape index (κ2) is 6.49. The average molecular weight is 351 g/mol. The Hall–Kier alpha value is -2.80. The van der Waals surface area contributed by atoms with E-state index < -0.39 is 5.91 Å². The summed E-state index contributed by atoms with van der Waals surface area (Å²) >= 11 is 0. The molecule has 7 nitrogen and oxygen atoms in total. The van der Waals surface area contributed by atoms with E-state index in [1.807, 2.05) is 24.3 Å². The molecule has 26 heavy (non-hydrogen) atoms. The predicted octanol–water partition coefficient (Wildman–Crippen LogP) is 2.26. The van der Waals surface area contributed by atoms with E-state index in [1.54, 1.807) is 24.2 Å². The molecule has 0 atom stereocenters. The molecule has 7 heteroatoms. The van der Waals surface area contributed by atoms with Gasteiger partial charge in [0.15, 0.2) is 5.82 Å². The fraction of sp³-hybridized carbons (Fsp3) is 0.368. The second-order valence-electron chi connectivity index (χ2n) is 6.72. The van der Waals surface area contributed by atoms with Gasteiger partial charge >= 0.3 is 0 Å². The van der Waals surface area contributed by atoms with Crippen molar-refractivity contribution >= 4 is 16.8 Å². The van der Waals surface area contributed by atoms with Crippen molar-refractivity contribution in [3.05, 3.63) is 48.0 Å². The molecular formula is C19H21N5O2.